The number of amides is 1. The highest BCUT2D eigenvalue weighted by Gasteiger charge is 2.23. The Bertz CT molecular complexity index is 996. The fourth-order valence-electron chi connectivity index (χ4n) is 2.79. The fraction of sp³-hybridized carbons (Fsp3) is 0.200. The number of carbonyl (C=O) groups excluding carboxylic acids is 2. The third-order valence-electron chi connectivity index (χ3n) is 4.18. The first-order valence-electron chi connectivity index (χ1n) is 8.74. The molecule has 4 rings (SSSR count). The molecule has 8 heteroatoms. The average molecular weight is 398 g/mol. The van der Waals surface area contributed by atoms with Gasteiger partial charge in [0.1, 0.15) is 18.1 Å². The lowest BCUT2D eigenvalue weighted by molar-refractivity contribution is -0.123. The van der Waals surface area contributed by atoms with Gasteiger partial charge in [0.15, 0.2) is 17.6 Å². The molecular weight excluding hydrogens is 380 g/mol. The zero-order chi connectivity index (χ0) is 19.5. The summed E-state index contributed by atoms with van der Waals surface area (Å²) in [4.78, 5) is 25.4. The Balaban J connectivity index is 1.41. The van der Waals surface area contributed by atoms with Crippen LogP contribution in [0.4, 0.5) is 5.69 Å². The first-order valence-corrected chi connectivity index (χ1v) is 9.62. The first-order chi connectivity index (χ1) is 13.6. The molecule has 3 heterocycles. The molecule has 1 aliphatic heterocycles. The molecule has 0 saturated heterocycles. The molecule has 0 aliphatic carbocycles. The number of nitrogens with zero attached hydrogens (tertiary/aromatic N) is 1. The zero-order valence-corrected chi connectivity index (χ0v) is 15.9. The van der Waals surface area contributed by atoms with E-state index in [9.17, 15) is 9.59 Å². The number of rotatable bonds is 5. The topological polar surface area (TPSA) is 78.8 Å². The van der Waals surface area contributed by atoms with Crippen LogP contribution in [0, 0.1) is 0 Å². The van der Waals surface area contributed by atoms with Gasteiger partial charge in [-0.15, -0.1) is 11.3 Å². The van der Waals surface area contributed by atoms with Gasteiger partial charge in [-0.3, -0.25) is 4.79 Å². The number of benzene rings is 1. The maximum Gasteiger partial charge on any atom is 0.351 e. The van der Waals surface area contributed by atoms with E-state index in [2.05, 4.69) is 5.32 Å². The summed E-state index contributed by atoms with van der Waals surface area (Å²) in [7, 11) is 0. The molecule has 1 unspecified atom stereocenters. The molecule has 0 fully saturated rings. The lowest BCUT2D eigenvalue weighted by atomic mass is 10.2. The Morgan fingerprint density at radius 3 is 2.68 bits per heavy atom. The Kier molecular flexibility index (Phi) is 5.03. The predicted molar refractivity (Wildman–Crippen MR) is 105 cm³/mol. The number of ether oxygens (including phenoxy) is 3. The molecule has 1 N–H and O–H groups in total. The van der Waals surface area contributed by atoms with Crippen LogP contribution >= 0.6 is 11.3 Å². The van der Waals surface area contributed by atoms with Crippen molar-refractivity contribution in [3.05, 3.63) is 59.0 Å². The zero-order valence-electron chi connectivity index (χ0n) is 15.1. The van der Waals surface area contributed by atoms with E-state index in [0.29, 0.717) is 35.3 Å². The standard InChI is InChI=1S/C20H18N2O5S/c1-13(19(23)21-14-4-5-16-17(12-14)26-10-9-25-16)27-20(24)18-15(6-11-28-18)22-7-2-3-8-22/h2-8,11-13H,9-10H2,1H3,(H,21,23). The second-order valence-corrected chi connectivity index (χ2v) is 7.04. The number of carbonyl (C=O) groups is 2. The summed E-state index contributed by atoms with van der Waals surface area (Å²) in [6.45, 7) is 2.50. The van der Waals surface area contributed by atoms with Crippen LogP contribution in [0.2, 0.25) is 0 Å². The number of esters is 1. The Labute approximate surface area is 165 Å². The second-order valence-electron chi connectivity index (χ2n) is 6.12. The van der Waals surface area contributed by atoms with Gasteiger partial charge < -0.3 is 24.1 Å². The summed E-state index contributed by atoms with van der Waals surface area (Å²) in [6, 6.07) is 10.7. The minimum absolute atomic E-state index is 0.427. The molecule has 3 aromatic rings. The van der Waals surface area contributed by atoms with Crippen LogP contribution in [0.15, 0.2) is 54.2 Å². The molecule has 1 aromatic carbocycles. The lowest BCUT2D eigenvalue weighted by Gasteiger charge is -2.19. The van der Waals surface area contributed by atoms with Crippen LogP contribution < -0.4 is 14.8 Å². The number of hydrogen-bond donors (Lipinski definition) is 1. The van der Waals surface area contributed by atoms with Crippen molar-refractivity contribution < 1.29 is 23.8 Å². The maximum absolute atomic E-state index is 12.5. The van der Waals surface area contributed by atoms with Crippen molar-refractivity contribution in [3.63, 3.8) is 0 Å². The predicted octanol–water partition coefficient (Wildman–Crippen LogP) is 3.49. The molecule has 1 atom stereocenters. The van der Waals surface area contributed by atoms with Gasteiger partial charge in [0.2, 0.25) is 0 Å². The van der Waals surface area contributed by atoms with Crippen molar-refractivity contribution in [2.24, 2.45) is 0 Å². The van der Waals surface area contributed by atoms with Gasteiger partial charge in [0.25, 0.3) is 5.91 Å². The van der Waals surface area contributed by atoms with Gasteiger partial charge in [-0.25, -0.2) is 4.79 Å². The van der Waals surface area contributed by atoms with Gasteiger partial charge >= 0.3 is 5.97 Å². The van der Waals surface area contributed by atoms with E-state index in [1.165, 1.54) is 18.3 Å². The molecule has 2 aromatic heterocycles. The Morgan fingerprint density at radius 2 is 1.89 bits per heavy atom. The summed E-state index contributed by atoms with van der Waals surface area (Å²) in [5.74, 6) is 0.246. The van der Waals surface area contributed by atoms with E-state index in [4.69, 9.17) is 14.2 Å². The van der Waals surface area contributed by atoms with Crippen LogP contribution in [0.25, 0.3) is 5.69 Å². The third kappa shape index (κ3) is 3.72. The molecule has 1 aliphatic rings. The van der Waals surface area contributed by atoms with Gasteiger partial charge in [0.05, 0.1) is 5.69 Å². The number of nitrogens with one attached hydrogen (secondary N) is 1. The van der Waals surface area contributed by atoms with Crippen LogP contribution in [0.1, 0.15) is 16.6 Å². The summed E-state index contributed by atoms with van der Waals surface area (Å²) < 4.78 is 18.2. The SMILES string of the molecule is CC(OC(=O)c1sccc1-n1cccc1)C(=O)Nc1ccc2c(c1)OCCO2. The van der Waals surface area contributed by atoms with E-state index in [1.807, 2.05) is 40.5 Å². The van der Waals surface area contributed by atoms with Crippen LogP contribution in [0.5, 0.6) is 11.5 Å². The highest BCUT2D eigenvalue weighted by molar-refractivity contribution is 7.12. The smallest absolute Gasteiger partial charge is 0.351 e. The molecule has 28 heavy (non-hydrogen) atoms. The molecular formula is C20H18N2O5S. The lowest BCUT2D eigenvalue weighted by Crippen LogP contribution is -2.30. The van der Waals surface area contributed by atoms with Crippen molar-refractivity contribution in [1.29, 1.82) is 0 Å². The molecule has 0 saturated carbocycles. The van der Waals surface area contributed by atoms with Crippen molar-refractivity contribution in [2.75, 3.05) is 18.5 Å². The Hall–Kier alpha value is -3.26. The van der Waals surface area contributed by atoms with Crippen LogP contribution in [-0.2, 0) is 9.53 Å². The average Bonchev–Trinajstić information content (AvgIpc) is 3.39. The second kappa shape index (κ2) is 7.77. The molecule has 0 bridgehead atoms. The van der Waals surface area contributed by atoms with Crippen LogP contribution in [0.3, 0.4) is 0 Å². The number of anilines is 1. The Morgan fingerprint density at radius 1 is 1.14 bits per heavy atom. The monoisotopic (exact) mass is 398 g/mol. The van der Waals surface area contributed by atoms with Gasteiger partial charge in [-0.05, 0) is 42.6 Å². The van der Waals surface area contributed by atoms with Crippen molar-refractivity contribution in [3.8, 4) is 17.2 Å². The minimum Gasteiger partial charge on any atom is -0.486 e. The number of fused-ring (bicyclic) bond motifs is 1. The quantitative estimate of drug-likeness (QED) is 0.666. The van der Waals surface area contributed by atoms with Crippen molar-refractivity contribution >= 4 is 28.9 Å². The fourth-order valence-corrected chi connectivity index (χ4v) is 3.56. The molecule has 7 nitrogen and oxygen atoms in total. The summed E-state index contributed by atoms with van der Waals surface area (Å²) in [6.07, 6.45) is 2.73. The van der Waals surface area contributed by atoms with Crippen molar-refractivity contribution in [1.82, 2.24) is 4.57 Å². The maximum atomic E-state index is 12.5. The molecule has 0 spiro atoms. The third-order valence-corrected chi connectivity index (χ3v) is 5.06. The summed E-state index contributed by atoms with van der Waals surface area (Å²) >= 11 is 1.27. The van der Waals surface area contributed by atoms with Gasteiger partial charge in [0, 0.05) is 24.1 Å². The largest absolute Gasteiger partial charge is 0.486 e. The normalized spacial score (nSPS) is 13.6. The van der Waals surface area contributed by atoms with E-state index in [0.717, 1.165) is 5.69 Å². The minimum atomic E-state index is -0.958. The summed E-state index contributed by atoms with van der Waals surface area (Å²) in [5.41, 5.74) is 1.26. The molecule has 1 amide bonds. The molecule has 144 valence electrons. The molecule has 0 radical (unpaired) electrons. The van der Waals surface area contributed by atoms with Crippen LogP contribution in [-0.4, -0.2) is 35.8 Å². The highest BCUT2D eigenvalue weighted by Crippen LogP contribution is 2.32. The van der Waals surface area contributed by atoms with E-state index in [1.54, 1.807) is 18.2 Å². The van der Waals surface area contributed by atoms with E-state index in [-0.39, 0.29) is 0 Å². The first kappa shape index (κ1) is 18.1. The van der Waals surface area contributed by atoms with Gasteiger partial charge in [-0.1, -0.05) is 0 Å². The highest BCUT2D eigenvalue weighted by atomic mass is 32.1. The number of thiophene rings is 1. The number of aromatic nitrogens is 1. The van der Waals surface area contributed by atoms with Crippen molar-refractivity contribution in [2.45, 2.75) is 13.0 Å². The van der Waals surface area contributed by atoms with E-state index >= 15 is 0 Å². The summed E-state index contributed by atoms with van der Waals surface area (Å²) in [5, 5.41) is 4.54. The van der Waals surface area contributed by atoms with Gasteiger partial charge in [-0.2, -0.15) is 0 Å². The number of hydrogen-bond acceptors (Lipinski definition) is 6. The van der Waals surface area contributed by atoms with E-state index < -0.39 is 18.0 Å².